The van der Waals surface area contributed by atoms with Gasteiger partial charge in [-0.15, -0.1) is 0 Å². The van der Waals surface area contributed by atoms with E-state index < -0.39 is 30.8 Å². The van der Waals surface area contributed by atoms with Crippen molar-refractivity contribution in [2.75, 3.05) is 0 Å². The van der Waals surface area contributed by atoms with E-state index in [1.54, 1.807) is 18.2 Å². The summed E-state index contributed by atoms with van der Waals surface area (Å²) >= 11 is 0. The molecule has 0 aliphatic carbocycles. The van der Waals surface area contributed by atoms with Gasteiger partial charge in [-0.1, -0.05) is 30.3 Å². The lowest BCUT2D eigenvalue weighted by Gasteiger charge is -2.17. The van der Waals surface area contributed by atoms with Crippen molar-refractivity contribution in [3.05, 3.63) is 35.9 Å². The van der Waals surface area contributed by atoms with Gasteiger partial charge in [0.1, 0.15) is 0 Å². The van der Waals surface area contributed by atoms with Gasteiger partial charge in [0.15, 0.2) is 6.10 Å². The summed E-state index contributed by atoms with van der Waals surface area (Å²) < 4.78 is 26.6. The monoisotopic (exact) mass is 230 g/mol. The number of aliphatic hydroxyl groups is 1. The molecule has 0 aromatic heterocycles. The molecule has 0 unspecified atom stereocenters. The molecule has 0 saturated heterocycles. The number of hydrogen-bond acceptors (Lipinski definition) is 2. The molecule has 2 N–H and O–H groups in total. The SMILES string of the molecule is O=C(O)[C@@H](O)CC(F)(F)Cc1ccccc1. The van der Waals surface area contributed by atoms with Crippen LogP contribution in [-0.4, -0.2) is 28.2 Å². The Kier molecular flexibility index (Phi) is 3.95. The third-order valence-electron chi connectivity index (χ3n) is 2.08. The van der Waals surface area contributed by atoms with Crippen LogP contribution < -0.4 is 0 Å². The molecule has 0 spiro atoms. The maximum Gasteiger partial charge on any atom is 0.332 e. The highest BCUT2D eigenvalue weighted by molar-refractivity contribution is 5.71. The molecule has 88 valence electrons. The zero-order chi connectivity index (χ0) is 12.2. The standard InChI is InChI=1S/C11H12F2O3/c12-11(13,7-9(14)10(15)16)6-8-4-2-1-3-5-8/h1-5,9,14H,6-7H2,(H,15,16)/t9-/m0/s1. The van der Waals surface area contributed by atoms with Crippen LogP contribution in [0.1, 0.15) is 12.0 Å². The molecule has 0 aliphatic rings. The Morgan fingerprint density at radius 2 is 1.88 bits per heavy atom. The molecule has 0 saturated carbocycles. The molecule has 0 aliphatic heterocycles. The largest absolute Gasteiger partial charge is 0.479 e. The Hall–Kier alpha value is -1.49. The lowest BCUT2D eigenvalue weighted by atomic mass is 10.0. The average molecular weight is 230 g/mol. The molecule has 0 bridgehead atoms. The van der Waals surface area contributed by atoms with Crippen LogP contribution >= 0.6 is 0 Å². The number of aliphatic carboxylic acids is 1. The molecule has 0 radical (unpaired) electrons. The average Bonchev–Trinajstić information content (AvgIpc) is 2.17. The highest BCUT2D eigenvalue weighted by Crippen LogP contribution is 2.25. The zero-order valence-corrected chi connectivity index (χ0v) is 8.44. The maximum absolute atomic E-state index is 13.3. The molecule has 1 atom stereocenters. The third kappa shape index (κ3) is 3.94. The van der Waals surface area contributed by atoms with Gasteiger partial charge < -0.3 is 10.2 Å². The van der Waals surface area contributed by atoms with Crippen molar-refractivity contribution in [1.29, 1.82) is 0 Å². The van der Waals surface area contributed by atoms with E-state index in [1.807, 2.05) is 0 Å². The summed E-state index contributed by atoms with van der Waals surface area (Å²) in [5.74, 6) is -4.85. The van der Waals surface area contributed by atoms with Gasteiger partial charge in [0.25, 0.3) is 5.92 Å². The topological polar surface area (TPSA) is 57.5 Å². The zero-order valence-electron chi connectivity index (χ0n) is 8.44. The van der Waals surface area contributed by atoms with Crippen LogP contribution in [0.3, 0.4) is 0 Å². The molecule has 0 fully saturated rings. The third-order valence-corrected chi connectivity index (χ3v) is 2.08. The Bertz CT molecular complexity index is 352. The van der Waals surface area contributed by atoms with E-state index in [0.717, 1.165) is 0 Å². The fourth-order valence-electron chi connectivity index (χ4n) is 1.34. The summed E-state index contributed by atoms with van der Waals surface area (Å²) in [6.07, 6.45) is -3.67. The lowest BCUT2D eigenvalue weighted by Crippen LogP contribution is -2.31. The summed E-state index contributed by atoms with van der Waals surface area (Å²) in [5.41, 5.74) is 0.407. The minimum Gasteiger partial charge on any atom is -0.479 e. The van der Waals surface area contributed by atoms with E-state index in [2.05, 4.69) is 0 Å². The molecule has 1 aromatic rings. The Labute approximate surface area is 91.3 Å². The fourth-order valence-corrected chi connectivity index (χ4v) is 1.34. The first kappa shape index (κ1) is 12.6. The molecular weight excluding hydrogens is 218 g/mol. The number of carboxylic acids is 1. The van der Waals surface area contributed by atoms with E-state index in [-0.39, 0.29) is 0 Å². The second-order valence-corrected chi connectivity index (χ2v) is 3.58. The Balaban J connectivity index is 2.61. The number of rotatable bonds is 5. The highest BCUT2D eigenvalue weighted by Gasteiger charge is 2.34. The molecule has 1 rings (SSSR count). The first-order valence-corrected chi connectivity index (χ1v) is 4.73. The number of carbonyl (C=O) groups is 1. The molecule has 16 heavy (non-hydrogen) atoms. The van der Waals surface area contributed by atoms with Crippen LogP contribution in [0.4, 0.5) is 8.78 Å². The number of carboxylic acid groups (broad SMARTS) is 1. The predicted octanol–water partition coefficient (Wildman–Crippen LogP) is 1.70. The molecule has 3 nitrogen and oxygen atoms in total. The summed E-state index contributed by atoms with van der Waals surface area (Å²) in [7, 11) is 0. The van der Waals surface area contributed by atoms with E-state index in [0.29, 0.717) is 5.56 Å². The second kappa shape index (κ2) is 5.03. The number of hydrogen-bond donors (Lipinski definition) is 2. The summed E-state index contributed by atoms with van der Waals surface area (Å²) in [6, 6.07) is 8.01. The van der Waals surface area contributed by atoms with Gasteiger partial charge in [0, 0.05) is 12.8 Å². The van der Waals surface area contributed by atoms with Crippen LogP contribution in [0.5, 0.6) is 0 Å². The van der Waals surface area contributed by atoms with Crippen LogP contribution in [0.15, 0.2) is 30.3 Å². The van der Waals surface area contributed by atoms with Gasteiger partial charge in [0.2, 0.25) is 0 Å². The number of alkyl halides is 2. The second-order valence-electron chi connectivity index (χ2n) is 3.58. The Morgan fingerprint density at radius 3 is 2.38 bits per heavy atom. The minimum atomic E-state index is -3.22. The lowest BCUT2D eigenvalue weighted by molar-refractivity contribution is -0.152. The molecule has 1 aromatic carbocycles. The van der Waals surface area contributed by atoms with E-state index in [9.17, 15) is 13.6 Å². The molecule has 0 amide bonds. The van der Waals surface area contributed by atoms with Gasteiger partial charge in [-0.3, -0.25) is 0 Å². The summed E-state index contributed by atoms with van der Waals surface area (Å²) in [6.45, 7) is 0. The quantitative estimate of drug-likeness (QED) is 0.809. The predicted molar refractivity (Wildman–Crippen MR) is 53.4 cm³/mol. The minimum absolute atomic E-state index is 0.407. The summed E-state index contributed by atoms with van der Waals surface area (Å²) in [5, 5.41) is 17.2. The smallest absolute Gasteiger partial charge is 0.332 e. The van der Waals surface area contributed by atoms with Gasteiger partial charge >= 0.3 is 5.97 Å². The van der Waals surface area contributed by atoms with E-state index in [4.69, 9.17) is 10.2 Å². The van der Waals surface area contributed by atoms with Crippen molar-refractivity contribution >= 4 is 5.97 Å². The van der Waals surface area contributed by atoms with E-state index >= 15 is 0 Å². The van der Waals surface area contributed by atoms with Gasteiger partial charge in [-0.2, -0.15) is 0 Å². The van der Waals surface area contributed by atoms with Crippen molar-refractivity contribution in [3.8, 4) is 0 Å². The van der Waals surface area contributed by atoms with Crippen LogP contribution in [-0.2, 0) is 11.2 Å². The van der Waals surface area contributed by atoms with Crippen molar-refractivity contribution in [2.24, 2.45) is 0 Å². The molecule has 0 heterocycles. The van der Waals surface area contributed by atoms with Gasteiger partial charge in [-0.05, 0) is 5.56 Å². The van der Waals surface area contributed by atoms with Crippen LogP contribution in [0, 0.1) is 0 Å². The van der Waals surface area contributed by atoms with Crippen molar-refractivity contribution in [3.63, 3.8) is 0 Å². The van der Waals surface area contributed by atoms with Gasteiger partial charge in [0.05, 0.1) is 0 Å². The molecule has 5 heteroatoms. The first-order chi connectivity index (χ1) is 7.41. The molecular formula is C11H12F2O3. The van der Waals surface area contributed by atoms with Crippen molar-refractivity contribution in [1.82, 2.24) is 0 Å². The van der Waals surface area contributed by atoms with Crippen molar-refractivity contribution < 1.29 is 23.8 Å². The van der Waals surface area contributed by atoms with Crippen molar-refractivity contribution in [2.45, 2.75) is 24.9 Å². The number of aliphatic hydroxyl groups excluding tert-OH is 1. The van der Waals surface area contributed by atoms with Crippen LogP contribution in [0.25, 0.3) is 0 Å². The summed E-state index contributed by atoms with van der Waals surface area (Å²) in [4.78, 5) is 10.2. The van der Waals surface area contributed by atoms with Crippen LogP contribution in [0.2, 0.25) is 0 Å². The maximum atomic E-state index is 13.3. The fraction of sp³-hybridized carbons (Fsp3) is 0.364. The number of halogens is 2. The van der Waals surface area contributed by atoms with Gasteiger partial charge in [-0.25, -0.2) is 13.6 Å². The highest BCUT2D eigenvalue weighted by atomic mass is 19.3. The first-order valence-electron chi connectivity index (χ1n) is 4.73. The Morgan fingerprint density at radius 1 is 1.31 bits per heavy atom. The number of benzene rings is 1. The van der Waals surface area contributed by atoms with E-state index in [1.165, 1.54) is 12.1 Å². The normalized spacial score (nSPS) is 13.4.